The van der Waals surface area contributed by atoms with Crippen LogP contribution in [0.3, 0.4) is 0 Å². The monoisotopic (exact) mass is 445 g/mol. The number of hydrogen-bond donors (Lipinski definition) is 1. The maximum absolute atomic E-state index is 13.9. The summed E-state index contributed by atoms with van der Waals surface area (Å²) in [4.78, 5) is 14.1. The Morgan fingerprint density at radius 3 is 2.79 bits per heavy atom. The van der Waals surface area contributed by atoms with E-state index >= 15 is 0 Å². The molecule has 3 aliphatic rings. The Morgan fingerprint density at radius 1 is 1.12 bits per heavy atom. The van der Waals surface area contributed by atoms with Crippen molar-refractivity contribution in [2.45, 2.75) is 38.3 Å². The zero-order valence-electron chi connectivity index (χ0n) is 18.7. The van der Waals surface area contributed by atoms with Gasteiger partial charge in [0.2, 0.25) is 0 Å². The Hall–Kier alpha value is -3.26. The minimum atomic E-state index is -0.189. The van der Waals surface area contributed by atoms with Crippen LogP contribution in [0.2, 0.25) is 0 Å². The van der Waals surface area contributed by atoms with Crippen LogP contribution < -0.4 is 10.6 Å². The van der Waals surface area contributed by atoms with Crippen molar-refractivity contribution in [2.75, 3.05) is 24.5 Å². The van der Waals surface area contributed by atoms with Crippen molar-refractivity contribution in [3.05, 3.63) is 65.9 Å². The van der Waals surface area contributed by atoms with E-state index in [9.17, 15) is 4.39 Å². The summed E-state index contributed by atoms with van der Waals surface area (Å²) in [6.45, 7) is 4.78. The molecule has 2 atom stereocenters. The molecule has 0 spiro atoms. The van der Waals surface area contributed by atoms with Gasteiger partial charge in [0.1, 0.15) is 29.0 Å². The normalized spacial score (nSPS) is 22.8. The van der Waals surface area contributed by atoms with Crippen LogP contribution in [0.4, 0.5) is 10.2 Å². The van der Waals surface area contributed by atoms with Gasteiger partial charge in [0.25, 0.3) is 0 Å². The fourth-order valence-corrected chi connectivity index (χ4v) is 5.26. The molecule has 1 unspecified atom stereocenters. The summed E-state index contributed by atoms with van der Waals surface area (Å²) in [7, 11) is 0. The van der Waals surface area contributed by atoms with E-state index in [1.165, 1.54) is 6.07 Å². The number of pyridine rings is 1. The molecular weight excluding hydrogens is 417 g/mol. The van der Waals surface area contributed by atoms with Gasteiger partial charge in [0.15, 0.2) is 0 Å². The predicted molar refractivity (Wildman–Crippen MR) is 126 cm³/mol. The molecule has 7 nitrogen and oxygen atoms in total. The van der Waals surface area contributed by atoms with Crippen molar-refractivity contribution in [1.82, 2.24) is 19.5 Å². The van der Waals surface area contributed by atoms with Gasteiger partial charge in [-0.2, -0.15) is 5.10 Å². The molecule has 0 saturated carbocycles. The molecule has 6 rings (SSSR count). The lowest BCUT2D eigenvalue weighted by molar-refractivity contribution is 0.366. The minimum Gasteiger partial charge on any atom is -0.353 e. The van der Waals surface area contributed by atoms with Crippen LogP contribution in [0.5, 0.6) is 0 Å². The first kappa shape index (κ1) is 20.4. The van der Waals surface area contributed by atoms with Crippen LogP contribution in [0, 0.1) is 11.7 Å². The molecular formula is C25H28FN7. The number of nitrogens with two attached hydrogens (primary N) is 1. The first-order valence-corrected chi connectivity index (χ1v) is 11.7. The maximum Gasteiger partial charge on any atom is 0.131 e. The Labute approximate surface area is 192 Å². The Kier molecular flexibility index (Phi) is 4.90. The smallest absolute Gasteiger partial charge is 0.131 e. The molecule has 0 bridgehead atoms. The molecule has 0 aliphatic carbocycles. The molecule has 0 radical (unpaired) electrons. The highest BCUT2D eigenvalue weighted by Crippen LogP contribution is 2.36. The van der Waals surface area contributed by atoms with Crippen molar-refractivity contribution in [3.8, 4) is 11.4 Å². The van der Waals surface area contributed by atoms with Gasteiger partial charge >= 0.3 is 0 Å². The summed E-state index contributed by atoms with van der Waals surface area (Å²) < 4.78 is 15.9. The van der Waals surface area contributed by atoms with Gasteiger partial charge in [-0.1, -0.05) is 25.1 Å². The quantitative estimate of drug-likeness (QED) is 0.669. The first-order chi connectivity index (χ1) is 16.1. The molecule has 1 aromatic carbocycles. The van der Waals surface area contributed by atoms with E-state index in [1.807, 2.05) is 35.1 Å². The third-order valence-electron chi connectivity index (χ3n) is 6.95. The van der Waals surface area contributed by atoms with Crippen LogP contribution >= 0.6 is 0 Å². The number of halogens is 1. The van der Waals surface area contributed by atoms with E-state index in [0.29, 0.717) is 0 Å². The van der Waals surface area contributed by atoms with Gasteiger partial charge in [0.05, 0.1) is 17.9 Å². The second kappa shape index (κ2) is 7.95. The number of hydrogen-bond acceptors (Lipinski definition) is 6. The van der Waals surface area contributed by atoms with Gasteiger partial charge in [-0.15, -0.1) is 0 Å². The maximum atomic E-state index is 13.9. The molecule has 2 saturated heterocycles. The molecule has 3 aromatic rings. The summed E-state index contributed by atoms with van der Waals surface area (Å²) in [6, 6.07) is 13.4. The van der Waals surface area contributed by atoms with E-state index in [-0.39, 0.29) is 23.8 Å². The van der Waals surface area contributed by atoms with Crippen molar-refractivity contribution in [2.24, 2.45) is 16.8 Å². The summed E-state index contributed by atoms with van der Waals surface area (Å²) >= 11 is 0. The number of benzene rings is 1. The van der Waals surface area contributed by atoms with Gasteiger partial charge in [-0.05, 0) is 42.7 Å². The van der Waals surface area contributed by atoms with E-state index in [1.54, 1.807) is 12.1 Å². The molecule has 0 amide bonds. The lowest BCUT2D eigenvalue weighted by Crippen LogP contribution is -2.56. The van der Waals surface area contributed by atoms with E-state index in [2.05, 4.69) is 21.7 Å². The summed E-state index contributed by atoms with van der Waals surface area (Å²) in [6.07, 6.45) is 4.75. The van der Waals surface area contributed by atoms with Gasteiger partial charge < -0.3 is 15.5 Å². The highest BCUT2D eigenvalue weighted by atomic mass is 19.1. The second-order valence-electron chi connectivity index (χ2n) is 9.39. The minimum absolute atomic E-state index is 0.146. The fourth-order valence-electron chi connectivity index (χ4n) is 5.26. The largest absolute Gasteiger partial charge is 0.353 e. The lowest BCUT2D eigenvalue weighted by Gasteiger charge is -2.37. The average Bonchev–Trinajstić information content (AvgIpc) is 3.43. The van der Waals surface area contributed by atoms with Gasteiger partial charge in [-0.25, -0.2) is 19.0 Å². The summed E-state index contributed by atoms with van der Waals surface area (Å²) in [5.74, 6) is 2.97. The number of likely N-dealkylation sites (tertiary alicyclic amines) is 1. The molecule has 2 N–H and O–H groups in total. The van der Waals surface area contributed by atoms with Crippen molar-refractivity contribution < 1.29 is 4.39 Å². The van der Waals surface area contributed by atoms with E-state index in [0.717, 1.165) is 73.3 Å². The van der Waals surface area contributed by atoms with Crippen molar-refractivity contribution in [3.63, 3.8) is 0 Å². The number of anilines is 1. The molecule has 2 fully saturated rings. The topological polar surface area (TPSA) is 75.6 Å². The Balaban J connectivity index is 1.35. The third-order valence-corrected chi connectivity index (χ3v) is 6.95. The molecule has 2 aromatic heterocycles. The molecule has 3 aliphatic heterocycles. The zero-order chi connectivity index (χ0) is 22.5. The number of imidazole rings is 1. The average molecular weight is 446 g/mol. The molecule has 8 heteroatoms. The number of fused-ring (bicyclic) bond motifs is 1. The fraction of sp³-hybridized carbons (Fsp3) is 0.400. The number of rotatable bonds is 3. The lowest BCUT2D eigenvalue weighted by atomic mass is 10.0. The number of nitrogens with zero attached hydrogens (tertiary/aromatic N) is 6. The van der Waals surface area contributed by atoms with E-state index in [4.69, 9.17) is 15.8 Å². The third kappa shape index (κ3) is 3.58. The molecule has 5 heterocycles. The van der Waals surface area contributed by atoms with Crippen molar-refractivity contribution >= 4 is 11.7 Å². The first-order valence-electron chi connectivity index (χ1n) is 11.7. The van der Waals surface area contributed by atoms with Crippen molar-refractivity contribution in [1.29, 1.82) is 0 Å². The Morgan fingerprint density at radius 2 is 1.97 bits per heavy atom. The van der Waals surface area contributed by atoms with E-state index < -0.39 is 0 Å². The highest BCUT2D eigenvalue weighted by Gasteiger charge is 2.34. The van der Waals surface area contributed by atoms with Crippen LogP contribution in [-0.2, 0) is 6.42 Å². The molecule has 170 valence electrons. The SMILES string of the molecule is CC1Cc2ncc(-c3cccc(N4CC(N)C4)n3)n2N=C1N1CCC[C@@H]1c1cccc(F)c1. The zero-order valence-corrected chi connectivity index (χ0v) is 18.7. The summed E-state index contributed by atoms with van der Waals surface area (Å²) in [5.41, 5.74) is 8.71. The van der Waals surface area contributed by atoms with Crippen LogP contribution in [-0.4, -0.2) is 51.1 Å². The molecule has 33 heavy (non-hydrogen) atoms. The number of aromatic nitrogens is 3. The second-order valence-corrected chi connectivity index (χ2v) is 9.39. The highest BCUT2D eigenvalue weighted by molar-refractivity contribution is 5.86. The summed E-state index contributed by atoms with van der Waals surface area (Å²) in [5, 5.41) is 5.09. The predicted octanol–water partition coefficient (Wildman–Crippen LogP) is 3.42. The Bertz CT molecular complexity index is 1210. The van der Waals surface area contributed by atoms with Crippen LogP contribution in [0.15, 0.2) is 53.8 Å². The standard InChI is InChI=1S/C25H28FN7/c1-16-11-24-28-13-22(20-7-3-9-23(29-20)31-14-19(27)15-31)33(24)30-25(16)32-10-4-8-21(32)17-5-2-6-18(26)12-17/h2-3,5-7,9,12-13,16,19,21H,4,8,10-11,14-15,27H2,1H3/t16?,21-/m1/s1. The van der Waals surface area contributed by atoms with Crippen LogP contribution in [0.1, 0.15) is 37.2 Å². The van der Waals surface area contributed by atoms with Crippen LogP contribution in [0.25, 0.3) is 11.4 Å². The number of amidine groups is 1. The van der Waals surface area contributed by atoms with Gasteiger partial charge in [0, 0.05) is 38.0 Å². The van der Waals surface area contributed by atoms with Gasteiger partial charge in [-0.3, -0.25) is 0 Å².